The van der Waals surface area contributed by atoms with Gasteiger partial charge in [0.25, 0.3) is 11.7 Å². The lowest BCUT2D eigenvalue weighted by atomic mass is 10.3. The van der Waals surface area contributed by atoms with Crippen LogP contribution in [-0.4, -0.2) is 66.9 Å². The van der Waals surface area contributed by atoms with Crippen LogP contribution in [0.25, 0.3) is 5.78 Å². The normalized spacial score (nSPS) is 16.7. The first-order valence-electron chi connectivity index (χ1n) is 8.58. The van der Waals surface area contributed by atoms with Gasteiger partial charge in [-0.15, -0.1) is 15.3 Å². The standard InChI is InChI=1S/C17H19N7O3/c1-10-8-11(2)24-17(18-10)19-15(22-24)16(25)23-7-6-12(9-23)27-14-5-4-13(26-3)20-21-14/h4-5,8,12H,6-7,9H2,1-3H3/t12-/m0/s1. The molecule has 1 aliphatic rings. The molecule has 0 saturated carbocycles. The number of amides is 1. The lowest BCUT2D eigenvalue weighted by Crippen LogP contribution is -2.31. The fourth-order valence-electron chi connectivity index (χ4n) is 3.06. The number of fused-ring (bicyclic) bond motifs is 1. The third kappa shape index (κ3) is 3.37. The molecule has 10 nitrogen and oxygen atoms in total. The summed E-state index contributed by atoms with van der Waals surface area (Å²) in [5.74, 6) is 1.15. The predicted octanol–water partition coefficient (Wildman–Crippen LogP) is 0.833. The molecule has 3 aromatic rings. The molecule has 0 unspecified atom stereocenters. The third-order valence-electron chi connectivity index (χ3n) is 4.35. The van der Waals surface area contributed by atoms with E-state index in [0.717, 1.165) is 11.4 Å². The van der Waals surface area contributed by atoms with Gasteiger partial charge in [-0.25, -0.2) is 9.50 Å². The zero-order valence-corrected chi connectivity index (χ0v) is 15.3. The highest BCUT2D eigenvalue weighted by Gasteiger charge is 2.31. The second kappa shape index (κ2) is 6.78. The zero-order chi connectivity index (χ0) is 19.0. The van der Waals surface area contributed by atoms with Gasteiger partial charge < -0.3 is 14.4 Å². The molecule has 4 heterocycles. The summed E-state index contributed by atoms with van der Waals surface area (Å²) < 4.78 is 12.4. The molecule has 1 amide bonds. The van der Waals surface area contributed by atoms with Crippen molar-refractivity contribution in [3.05, 3.63) is 35.4 Å². The third-order valence-corrected chi connectivity index (χ3v) is 4.35. The molecule has 0 aromatic carbocycles. The Bertz CT molecular complexity index is 986. The fraction of sp³-hybridized carbons (Fsp3) is 0.412. The van der Waals surface area contributed by atoms with Gasteiger partial charge in [0.05, 0.1) is 13.7 Å². The summed E-state index contributed by atoms with van der Waals surface area (Å²) in [7, 11) is 1.52. The molecular formula is C17H19N7O3. The second-order valence-corrected chi connectivity index (χ2v) is 6.38. The summed E-state index contributed by atoms with van der Waals surface area (Å²) in [5.41, 5.74) is 1.71. The van der Waals surface area contributed by atoms with Crippen molar-refractivity contribution in [2.45, 2.75) is 26.4 Å². The number of hydrogen-bond acceptors (Lipinski definition) is 8. The predicted molar refractivity (Wildman–Crippen MR) is 93.8 cm³/mol. The van der Waals surface area contributed by atoms with E-state index in [1.165, 1.54) is 7.11 Å². The summed E-state index contributed by atoms with van der Waals surface area (Å²) in [5, 5.41) is 12.1. The highest BCUT2D eigenvalue weighted by Crippen LogP contribution is 2.19. The van der Waals surface area contributed by atoms with Crippen molar-refractivity contribution in [2.24, 2.45) is 0 Å². The first-order valence-corrected chi connectivity index (χ1v) is 8.58. The number of aromatic nitrogens is 6. The summed E-state index contributed by atoms with van der Waals surface area (Å²) in [4.78, 5) is 23.0. The van der Waals surface area contributed by atoms with Crippen LogP contribution in [0.3, 0.4) is 0 Å². The van der Waals surface area contributed by atoms with Crippen molar-refractivity contribution in [1.82, 2.24) is 34.7 Å². The van der Waals surface area contributed by atoms with Gasteiger partial charge in [-0.2, -0.15) is 4.98 Å². The van der Waals surface area contributed by atoms with E-state index < -0.39 is 0 Å². The van der Waals surface area contributed by atoms with E-state index in [2.05, 4.69) is 25.3 Å². The van der Waals surface area contributed by atoms with E-state index in [1.807, 2.05) is 19.9 Å². The molecular weight excluding hydrogens is 350 g/mol. The smallest absolute Gasteiger partial charge is 0.293 e. The molecule has 0 N–H and O–H groups in total. The van der Waals surface area contributed by atoms with Crippen molar-refractivity contribution in [2.75, 3.05) is 20.2 Å². The van der Waals surface area contributed by atoms with Crippen LogP contribution in [0.5, 0.6) is 11.8 Å². The van der Waals surface area contributed by atoms with Crippen molar-refractivity contribution >= 4 is 11.7 Å². The maximum absolute atomic E-state index is 12.8. The summed E-state index contributed by atoms with van der Waals surface area (Å²) in [6.07, 6.45) is 0.541. The average Bonchev–Trinajstić information content (AvgIpc) is 3.29. The van der Waals surface area contributed by atoms with Crippen molar-refractivity contribution in [1.29, 1.82) is 0 Å². The maximum Gasteiger partial charge on any atom is 0.293 e. The number of carbonyl (C=O) groups is 1. The first kappa shape index (κ1) is 17.1. The molecule has 140 valence electrons. The number of carbonyl (C=O) groups excluding carboxylic acids is 1. The summed E-state index contributed by atoms with van der Waals surface area (Å²) in [6, 6.07) is 5.26. The number of rotatable bonds is 4. The maximum atomic E-state index is 12.8. The summed E-state index contributed by atoms with van der Waals surface area (Å²) >= 11 is 0. The minimum atomic E-state index is -0.232. The Kier molecular flexibility index (Phi) is 4.30. The molecule has 4 rings (SSSR count). The fourth-order valence-corrected chi connectivity index (χ4v) is 3.06. The van der Waals surface area contributed by atoms with Crippen LogP contribution >= 0.6 is 0 Å². The van der Waals surface area contributed by atoms with Gasteiger partial charge in [0.2, 0.25) is 17.6 Å². The van der Waals surface area contributed by atoms with Crippen molar-refractivity contribution < 1.29 is 14.3 Å². The second-order valence-electron chi connectivity index (χ2n) is 6.38. The lowest BCUT2D eigenvalue weighted by Gasteiger charge is -2.15. The average molecular weight is 369 g/mol. The molecule has 10 heteroatoms. The van der Waals surface area contributed by atoms with Crippen LogP contribution in [0.1, 0.15) is 28.4 Å². The van der Waals surface area contributed by atoms with Crippen LogP contribution in [0.2, 0.25) is 0 Å². The Morgan fingerprint density at radius 2 is 1.96 bits per heavy atom. The molecule has 0 aliphatic carbocycles. The quantitative estimate of drug-likeness (QED) is 0.666. The van der Waals surface area contributed by atoms with Crippen molar-refractivity contribution in [3.63, 3.8) is 0 Å². The Hall–Kier alpha value is -3.30. The topological polar surface area (TPSA) is 108 Å². The van der Waals surface area contributed by atoms with E-state index >= 15 is 0 Å². The Labute approximate surface area is 155 Å². The molecule has 3 aromatic heterocycles. The number of nitrogens with zero attached hydrogens (tertiary/aromatic N) is 7. The van der Waals surface area contributed by atoms with Crippen LogP contribution < -0.4 is 9.47 Å². The molecule has 1 atom stereocenters. The van der Waals surface area contributed by atoms with E-state index in [1.54, 1.807) is 21.5 Å². The summed E-state index contributed by atoms with van der Waals surface area (Å²) in [6.45, 7) is 4.79. The molecule has 27 heavy (non-hydrogen) atoms. The van der Waals surface area contributed by atoms with Gasteiger partial charge in [0.15, 0.2) is 0 Å². The van der Waals surface area contributed by atoms with E-state index in [0.29, 0.717) is 37.0 Å². The molecule has 1 aliphatic heterocycles. The zero-order valence-electron chi connectivity index (χ0n) is 15.3. The van der Waals surface area contributed by atoms with Crippen LogP contribution in [0.15, 0.2) is 18.2 Å². The molecule has 1 fully saturated rings. The number of aryl methyl sites for hydroxylation is 2. The largest absolute Gasteiger partial charge is 0.480 e. The monoisotopic (exact) mass is 369 g/mol. The van der Waals surface area contributed by atoms with Gasteiger partial charge in [-0.3, -0.25) is 4.79 Å². The Morgan fingerprint density at radius 3 is 2.70 bits per heavy atom. The van der Waals surface area contributed by atoms with E-state index in [-0.39, 0.29) is 17.8 Å². The van der Waals surface area contributed by atoms with E-state index in [4.69, 9.17) is 9.47 Å². The SMILES string of the molecule is COc1ccc(O[C@H]2CCN(C(=O)c3nc4nc(C)cc(C)n4n3)C2)nn1. The molecule has 1 saturated heterocycles. The van der Waals surface area contributed by atoms with Gasteiger partial charge in [0.1, 0.15) is 6.10 Å². The molecule has 0 spiro atoms. The number of likely N-dealkylation sites (tertiary alicyclic amines) is 1. The highest BCUT2D eigenvalue weighted by atomic mass is 16.5. The first-order chi connectivity index (χ1) is 13.0. The van der Waals surface area contributed by atoms with Gasteiger partial charge in [0, 0.05) is 36.5 Å². The Balaban J connectivity index is 1.45. The number of hydrogen-bond donors (Lipinski definition) is 0. The lowest BCUT2D eigenvalue weighted by molar-refractivity contribution is 0.0759. The van der Waals surface area contributed by atoms with Gasteiger partial charge >= 0.3 is 0 Å². The van der Waals surface area contributed by atoms with Crippen LogP contribution in [0, 0.1) is 13.8 Å². The Morgan fingerprint density at radius 1 is 1.19 bits per heavy atom. The van der Waals surface area contributed by atoms with E-state index in [9.17, 15) is 4.79 Å². The van der Waals surface area contributed by atoms with Gasteiger partial charge in [-0.05, 0) is 19.9 Å². The number of ether oxygens (including phenoxy) is 2. The highest BCUT2D eigenvalue weighted by molar-refractivity contribution is 5.91. The minimum Gasteiger partial charge on any atom is -0.480 e. The molecule has 0 bridgehead atoms. The molecule has 0 radical (unpaired) electrons. The van der Waals surface area contributed by atoms with Crippen LogP contribution in [0.4, 0.5) is 0 Å². The van der Waals surface area contributed by atoms with Gasteiger partial charge in [-0.1, -0.05) is 0 Å². The van der Waals surface area contributed by atoms with Crippen molar-refractivity contribution in [3.8, 4) is 11.8 Å². The number of methoxy groups -OCH3 is 1. The minimum absolute atomic E-state index is 0.140. The van der Waals surface area contributed by atoms with Crippen LogP contribution in [-0.2, 0) is 0 Å².